The first-order valence-corrected chi connectivity index (χ1v) is 6.26. The first kappa shape index (κ1) is 19.2. The van der Waals surface area contributed by atoms with Crippen LogP contribution in [0.15, 0.2) is 48.6 Å². The third kappa shape index (κ3) is 5.31. The summed E-state index contributed by atoms with van der Waals surface area (Å²) in [5.74, 6) is 0.865. The van der Waals surface area contributed by atoms with Crippen LogP contribution in [-0.2, 0) is 19.9 Å². The minimum Gasteiger partial charge on any atom is -0.496 e. The van der Waals surface area contributed by atoms with Gasteiger partial charge in [-0.3, -0.25) is 0 Å². The Hall–Kier alpha value is -2.78. The fraction of sp³-hybridized carbons (Fsp3) is 0.250. The second-order valence-corrected chi connectivity index (χ2v) is 3.99. The fourth-order valence-electron chi connectivity index (χ4n) is 2.06. The van der Waals surface area contributed by atoms with E-state index in [0.29, 0.717) is 0 Å². The lowest BCUT2D eigenvalue weighted by atomic mass is 9.86. The molecule has 1 aliphatic rings. The Morgan fingerprint density at radius 1 is 1.09 bits per heavy atom. The Morgan fingerprint density at radius 3 is 2.14 bits per heavy atom. The van der Waals surface area contributed by atoms with Crippen LogP contribution in [0.1, 0.15) is 12.0 Å². The molecule has 6 heteroatoms. The Bertz CT molecular complexity index is 572. The number of para-hydroxylation sites is 1. The Morgan fingerprint density at radius 2 is 1.68 bits per heavy atom. The smallest absolute Gasteiger partial charge is 0.231 e. The van der Waals surface area contributed by atoms with Gasteiger partial charge in [0, 0.05) is 19.1 Å². The molecule has 1 aromatic carbocycles. The van der Waals surface area contributed by atoms with Crippen LogP contribution in [0.25, 0.3) is 0 Å². The molecule has 0 aliphatic heterocycles. The molecule has 1 unspecified atom stereocenters. The number of carbonyl (C=O) groups excluding carboxylic acids is 2. The molecular formula is C16H18N2O4. The average molecular weight is 302 g/mol. The van der Waals surface area contributed by atoms with Crippen LogP contribution in [0.4, 0.5) is 0 Å². The molecule has 0 bridgehead atoms. The molecule has 0 radical (unpaired) electrons. The molecule has 22 heavy (non-hydrogen) atoms. The van der Waals surface area contributed by atoms with Crippen LogP contribution in [0.2, 0.25) is 0 Å². The lowest BCUT2D eigenvalue weighted by Crippen LogP contribution is -2.27. The molecule has 2 rings (SSSR count). The number of isocyanates is 2. The SMILES string of the molecule is COc1ccccc1C1(OC)C=CC=CC1.N=C=O.N=C=O. The van der Waals surface area contributed by atoms with E-state index in [1.165, 1.54) is 0 Å². The van der Waals surface area contributed by atoms with E-state index in [2.05, 4.69) is 12.2 Å². The number of hydrogen-bond acceptors (Lipinski definition) is 6. The Labute approximate surface area is 129 Å². The van der Waals surface area contributed by atoms with Gasteiger partial charge in [0.25, 0.3) is 0 Å². The largest absolute Gasteiger partial charge is 0.496 e. The van der Waals surface area contributed by atoms with Crippen molar-refractivity contribution >= 4 is 12.2 Å². The van der Waals surface area contributed by atoms with Gasteiger partial charge >= 0.3 is 0 Å². The minimum atomic E-state index is -0.388. The van der Waals surface area contributed by atoms with E-state index in [0.717, 1.165) is 29.9 Å². The van der Waals surface area contributed by atoms with E-state index in [9.17, 15) is 0 Å². The second-order valence-electron chi connectivity index (χ2n) is 3.99. The highest BCUT2D eigenvalue weighted by atomic mass is 16.5. The maximum Gasteiger partial charge on any atom is 0.231 e. The number of nitrogens with one attached hydrogen (secondary N) is 2. The summed E-state index contributed by atoms with van der Waals surface area (Å²) < 4.78 is 11.1. The van der Waals surface area contributed by atoms with Gasteiger partial charge in [0.2, 0.25) is 12.2 Å². The molecule has 2 N–H and O–H groups in total. The highest BCUT2D eigenvalue weighted by Crippen LogP contribution is 2.38. The molecule has 0 fully saturated rings. The van der Waals surface area contributed by atoms with E-state index in [-0.39, 0.29) is 5.60 Å². The average Bonchev–Trinajstić information content (AvgIpc) is 2.57. The van der Waals surface area contributed by atoms with Gasteiger partial charge in [0.05, 0.1) is 7.11 Å². The van der Waals surface area contributed by atoms with Crippen LogP contribution < -0.4 is 4.74 Å². The lowest BCUT2D eigenvalue weighted by Gasteiger charge is -2.31. The van der Waals surface area contributed by atoms with Gasteiger partial charge in [-0.15, -0.1) is 0 Å². The maximum atomic E-state index is 8.35. The number of allylic oxidation sites excluding steroid dienone is 2. The Balaban J connectivity index is 0.000000639. The van der Waals surface area contributed by atoms with Crippen LogP contribution in [-0.4, -0.2) is 26.4 Å². The number of rotatable bonds is 3. The third-order valence-corrected chi connectivity index (χ3v) is 2.96. The second kappa shape index (κ2) is 10.9. The zero-order valence-electron chi connectivity index (χ0n) is 12.5. The van der Waals surface area contributed by atoms with E-state index < -0.39 is 0 Å². The molecule has 0 aromatic heterocycles. The van der Waals surface area contributed by atoms with Crippen molar-refractivity contribution in [2.75, 3.05) is 14.2 Å². The summed E-state index contributed by atoms with van der Waals surface area (Å²) in [4.78, 5) is 16.7. The third-order valence-electron chi connectivity index (χ3n) is 2.96. The van der Waals surface area contributed by atoms with Crippen molar-refractivity contribution in [2.24, 2.45) is 0 Å². The van der Waals surface area contributed by atoms with Crippen molar-refractivity contribution in [3.63, 3.8) is 0 Å². The fourth-order valence-corrected chi connectivity index (χ4v) is 2.06. The highest BCUT2D eigenvalue weighted by molar-refractivity contribution is 5.43. The predicted molar refractivity (Wildman–Crippen MR) is 81.4 cm³/mol. The van der Waals surface area contributed by atoms with E-state index in [1.807, 2.05) is 36.4 Å². The first-order valence-electron chi connectivity index (χ1n) is 6.26. The summed E-state index contributed by atoms with van der Waals surface area (Å²) in [6.45, 7) is 0. The molecule has 1 atom stereocenters. The standard InChI is InChI=1S/C14H16O2.2CHNO/c1-15-13-9-5-4-8-12(13)14(16-2)10-6-3-7-11-14;2*2-1-3/h3-10H,11H2,1-2H3;2*2H. The molecule has 1 aromatic rings. The molecule has 1 aliphatic carbocycles. The Kier molecular flexibility index (Phi) is 9.56. The van der Waals surface area contributed by atoms with Crippen LogP contribution in [0.3, 0.4) is 0 Å². The monoisotopic (exact) mass is 302 g/mol. The topological polar surface area (TPSA) is 100 Å². The van der Waals surface area contributed by atoms with Crippen molar-refractivity contribution in [1.82, 2.24) is 0 Å². The first-order chi connectivity index (χ1) is 10.7. The zero-order chi connectivity index (χ0) is 16.8. The van der Waals surface area contributed by atoms with Crippen LogP contribution in [0.5, 0.6) is 5.75 Å². The van der Waals surface area contributed by atoms with Crippen molar-refractivity contribution in [2.45, 2.75) is 12.0 Å². The van der Waals surface area contributed by atoms with Gasteiger partial charge in [-0.05, 0) is 12.1 Å². The maximum absolute atomic E-state index is 8.35. The molecule has 0 saturated heterocycles. The minimum absolute atomic E-state index is 0.388. The summed E-state index contributed by atoms with van der Waals surface area (Å²) >= 11 is 0. The zero-order valence-corrected chi connectivity index (χ0v) is 12.5. The molecule has 0 amide bonds. The van der Waals surface area contributed by atoms with Gasteiger partial charge in [-0.1, -0.05) is 36.4 Å². The highest BCUT2D eigenvalue weighted by Gasteiger charge is 2.31. The van der Waals surface area contributed by atoms with Gasteiger partial charge in [-0.25, -0.2) is 20.4 Å². The van der Waals surface area contributed by atoms with Crippen molar-refractivity contribution < 1.29 is 19.1 Å². The quantitative estimate of drug-likeness (QED) is 0.662. The summed E-state index contributed by atoms with van der Waals surface area (Å²) in [5, 5.41) is 10.8. The van der Waals surface area contributed by atoms with Crippen molar-refractivity contribution in [3.05, 3.63) is 54.1 Å². The summed E-state index contributed by atoms with van der Waals surface area (Å²) in [6.07, 6.45) is 10.6. The normalized spacial score (nSPS) is 17.7. The van der Waals surface area contributed by atoms with Gasteiger partial charge in [0.15, 0.2) is 0 Å². The predicted octanol–water partition coefficient (Wildman–Crippen LogP) is 2.85. The molecular weight excluding hydrogens is 284 g/mol. The molecule has 0 saturated carbocycles. The van der Waals surface area contributed by atoms with E-state index >= 15 is 0 Å². The lowest BCUT2D eigenvalue weighted by molar-refractivity contribution is 0.0287. The van der Waals surface area contributed by atoms with E-state index in [4.69, 9.17) is 29.9 Å². The van der Waals surface area contributed by atoms with E-state index in [1.54, 1.807) is 14.2 Å². The number of methoxy groups -OCH3 is 2. The summed E-state index contributed by atoms with van der Waals surface area (Å²) in [5.41, 5.74) is 0.682. The van der Waals surface area contributed by atoms with Gasteiger partial charge < -0.3 is 9.47 Å². The molecule has 6 nitrogen and oxygen atoms in total. The summed E-state index contributed by atoms with van der Waals surface area (Å²) in [6, 6.07) is 7.98. The number of benzene rings is 1. The van der Waals surface area contributed by atoms with Gasteiger partial charge in [-0.2, -0.15) is 0 Å². The molecule has 116 valence electrons. The van der Waals surface area contributed by atoms with Crippen molar-refractivity contribution in [3.8, 4) is 5.75 Å². The molecule has 0 heterocycles. The van der Waals surface area contributed by atoms with Crippen LogP contribution >= 0.6 is 0 Å². The van der Waals surface area contributed by atoms with Gasteiger partial charge in [0.1, 0.15) is 11.4 Å². The number of ether oxygens (including phenoxy) is 2. The van der Waals surface area contributed by atoms with Crippen LogP contribution in [0, 0.1) is 10.8 Å². The number of hydrogen-bond donors (Lipinski definition) is 2. The molecule has 0 spiro atoms. The summed E-state index contributed by atoms with van der Waals surface area (Å²) in [7, 11) is 3.42. The van der Waals surface area contributed by atoms with Crippen molar-refractivity contribution in [1.29, 1.82) is 10.8 Å².